The molecule has 1 amide bonds. The molecule has 0 saturated heterocycles. The topological polar surface area (TPSA) is 85.9 Å². The standard InChI is InChI=1S/C20H25N3O2S/c1-14(2)26-18(16(12-21)13-22)17(11-15-9-7-6-8-10-15)23-19(24)25-20(3,4)5/h6-10,14,17H,11H2,1-5H3,(H,23,24)/t17-/m0/s1. The summed E-state index contributed by atoms with van der Waals surface area (Å²) < 4.78 is 5.36. The van der Waals surface area contributed by atoms with Gasteiger partial charge in [-0.05, 0) is 32.8 Å². The summed E-state index contributed by atoms with van der Waals surface area (Å²) in [6.45, 7) is 9.31. The maximum atomic E-state index is 12.3. The second kappa shape index (κ2) is 9.89. The number of amides is 1. The Kier molecular flexibility index (Phi) is 8.22. The van der Waals surface area contributed by atoms with Gasteiger partial charge in [0.2, 0.25) is 0 Å². The summed E-state index contributed by atoms with van der Waals surface area (Å²) in [5, 5.41) is 21.7. The number of benzene rings is 1. The molecule has 6 heteroatoms. The highest BCUT2D eigenvalue weighted by atomic mass is 32.2. The molecule has 0 aliphatic heterocycles. The van der Waals surface area contributed by atoms with Crippen LogP contribution in [-0.4, -0.2) is 23.0 Å². The van der Waals surface area contributed by atoms with E-state index >= 15 is 0 Å². The Labute approximate surface area is 160 Å². The molecule has 5 nitrogen and oxygen atoms in total. The van der Waals surface area contributed by atoms with Gasteiger partial charge in [0.05, 0.1) is 6.04 Å². The lowest BCUT2D eigenvalue weighted by atomic mass is 10.0. The normalized spacial score (nSPS) is 11.8. The van der Waals surface area contributed by atoms with Crippen LogP contribution in [0.15, 0.2) is 40.8 Å². The number of hydrogen-bond donors (Lipinski definition) is 1. The van der Waals surface area contributed by atoms with E-state index in [9.17, 15) is 15.3 Å². The zero-order valence-corrected chi connectivity index (χ0v) is 16.7. The molecule has 1 aromatic carbocycles. The number of hydrogen-bond acceptors (Lipinski definition) is 5. The largest absolute Gasteiger partial charge is 0.444 e. The lowest BCUT2D eigenvalue weighted by Gasteiger charge is -2.26. The van der Waals surface area contributed by atoms with Gasteiger partial charge >= 0.3 is 6.09 Å². The van der Waals surface area contributed by atoms with Gasteiger partial charge < -0.3 is 10.1 Å². The maximum Gasteiger partial charge on any atom is 0.408 e. The van der Waals surface area contributed by atoms with E-state index in [4.69, 9.17) is 4.74 Å². The van der Waals surface area contributed by atoms with Crippen molar-refractivity contribution in [1.82, 2.24) is 5.32 Å². The number of allylic oxidation sites excluding steroid dienone is 1. The van der Waals surface area contributed by atoms with Crippen molar-refractivity contribution in [3.05, 3.63) is 46.4 Å². The highest BCUT2D eigenvalue weighted by molar-refractivity contribution is 8.03. The first-order valence-corrected chi connectivity index (χ1v) is 9.28. The maximum absolute atomic E-state index is 12.3. The summed E-state index contributed by atoms with van der Waals surface area (Å²) in [5.74, 6) is 0. The number of nitrogens with one attached hydrogen (secondary N) is 1. The second-order valence-electron chi connectivity index (χ2n) is 7.02. The molecule has 0 saturated carbocycles. The predicted molar refractivity (Wildman–Crippen MR) is 104 cm³/mol. The molecule has 1 rings (SSSR count). The number of nitrogens with zero attached hydrogens (tertiary/aromatic N) is 2. The van der Waals surface area contributed by atoms with Crippen molar-refractivity contribution in [3.63, 3.8) is 0 Å². The fourth-order valence-corrected chi connectivity index (χ4v) is 3.24. The van der Waals surface area contributed by atoms with E-state index in [1.807, 2.05) is 56.3 Å². The van der Waals surface area contributed by atoms with E-state index in [0.717, 1.165) is 5.56 Å². The van der Waals surface area contributed by atoms with Gasteiger partial charge in [-0.2, -0.15) is 10.5 Å². The lowest BCUT2D eigenvalue weighted by molar-refractivity contribution is 0.0513. The summed E-state index contributed by atoms with van der Waals surface area (Å²) in [7, 11) is 0. The molecule has 0 heterocycles. The molecule has 138 valence electrons. The molecular weight excluding hydrogens is 346 g/mol. The Bertz CT molecular complexity index is 706. The molecule has 0 radical (unpaired) electrons. The zero-order valence-electron chi connectivity index (χ0n) is 15.9. The van der Waals surface area contributed by atoms with Crippen LogP contribution in [0.1, 0.15) is 40.2 Å². The minimum atomic E-state index is -0.635. The van der Waals surface area contributed by atoms with Crippen LogP contribution in [0.5, 0.6) is 0 Å². The third-order valence-electron chi connectivity index (χ3n) is 3.12. The van der Waals surface area contributed by atoms with E-state index < -0.39 is 17.7 Å². The molecule has 0 spiro atoms. The Morgan fingerprint density at radius 2 is 1.77 bits per heavy atom. The van der Waals surface area contributed by atoms with Gasteiger partial charge in [-0.15, -0.1) is 11.8 Å². The smallest absolute Gasteiger partial charge is 0.408 e. The number of alkyl carbamates (subject to hydrolysis) is 1. The van der Waals surface area contributed by atoms with Crippen LogP contribution in [0.2, 0.25) is 0 Å². The minimum absolute atomic E-state index is 0.0145. The Balaban J connectivity index is 3.23. The van der Waals surface area contributed by atoms with Crippen LogP contribution < -0.4 is 5.32 Å². The van der Waals surface area contributed by atoms with Gasteiger partial charge in [-0.1, -0.05) is 44.2 Å². The van der Waals surface area contributed by atoms with E-state index in [2.05, 4.69) is 5.32 Å². The average Bonchev–Trinajstić information content (AvgIpc) is 2.53. The molecular formula is C20H25N3O2S. The molecule has 0 aliphatic carbocycles. The van der Waals surface area contributed by atoms with Crippen molar-refractivity contribution in [2.75, 3.05) is 0 Å². The molecule has 0 aromatic heterocycles. The Hall–Kier alpha value is -2.44. The van der Waals surface area contributed by atoms with E-state index in [1.54, 1.807) is 20.8 Å². The van der Waals surface area contributed by atoms with Gasteiger partial charge in [0, 0.05) is 10.2 Å². The number of rotatable bonds is 6. The third kappa shape index (κ3) is 7.63. The Morgan fingerprint density at radius 1 is 1.19 bits per heavy atom. The molecule has 0 aliphatic rings. The van der Waals surface area contributed by atoms with Crippen molar-refractivity contribution in [2.24, 2.45) is 0 Å². The van der Waals surface area contributed by atoms with Crippen LogP contribution >= 0.6 is 11.8 Å². The average molecular weight is 372 g/mol. The summed E-state index contributed by atoms with van der Waals surface area (Å²) in [5.41, 5.74) is 0.371. The number of carbonyl (C=O) groups excluding carboxylic acids is 1. The fraction of sp³-hybridized carbons (Fsp3) is 0.450. The molecule has 0 unspecified atom stereocenters. The Morgan fingerprint density at radius 3 is 2.23 bits per heavy atom. The predicted octanol–water partition coefficient (Wildman–Crippen LogP) is 4.57. The highest BCUT2D eigenvalue weighted by Crippen LogP contribution is 2.29. The monoisotopic (exact) mass is 371 g/mol. The number of thioether (sulfide) groups is 1. The van der Waals surface area contributed by atoms with Crippen molar-refractivity contribution in [1.29, 1.82) is 10.5 Å². The SMILES string of the molecule is CC(C)SC(=C(C#N)C#N)[C@H](Cc1ccccc1)NC(=O)OC(C)(C)C. The van der Waals surface area contributed by atoms with Crippen molar-refractivity contribution in [3.8, 4) is 12.1 Å². The number of carbonyl (C=O) groups is 1. The summed E-state index contributed by atoms with van der Waals surface area (Å²) in [6, 6.07) is 13.0. The highest BCUT2D eigenvalue weighted by Gasteiger charge is 2.25. The van der Waals surface area contributed by atoms with Gasteiger partial charge in [0.1, 0.15) is 23.3 Å². The van der Waals surface area contributed by atoms with Gasteiger partial charge in [0.15, 0.2) is 0 Å². The molecule has 1 aromatic rings. The fourth-order valence-electron chi connectivity index (χ4n) is 2.21. The summed E-state index contributed by atoms with van der Waals surface area (Å²) in [4.78, 5) is 12.9. The quantitative estimate of drug-likeness (QED) is 0.741. The van der Waals surface area contributed by atoms with Gasteiger partial charge in [-0.25, -0.2) is 4.79 Å². The van der Waals surface area contributed by atoms with Crippen LogP contribution in [0.3, 0.4) is 0 Å². The van der Waals surface area contributed by atoms with Crippen LogP contribution in [-0.2, 0) is 11.2 Å². The zero-order chi connectivity index (χ0) is 19.7. The van der Waals surface area contributed by atoms with Crippen LogP contribution in [0, 0.1) is 22.7 Å². The lowest BCUT2D eigenvalue weighted by Crippen LogP contribution is -2.41. The van der Waals surface area contributed by atoms with Crippen molar-refractivity contribution >= 4 is 17.9 Å². The summed E-state index contributed by atoms with van der Waals surface area (Å²) in [6.07, 6.45) is -0.113. The van der Waals surface area contributed by atoms with E-state index in [-0.39, 0.29) is 10.8 Å². The van der Waals surface area contributed by atoms with E-state index in [1.165, 1.54) is 11.8 Å². The van der Waals surface area contributed by atoms with E-state index in [0.29, 0.717) is 11.3 Å². The molecule has 26 heavy (non-hydrogen) atoms. The summed E-state index contributed by atoms with van der Waals surface area (Å²) >= 11 is 1.41. The van der Waals surface area contributed by atoms with Crippen LogP contribution in [0.25, 0.3) is 0 Å². The van der Waals surface area contributed by atoms with Crippen molar-refractivity contribution < 1.29 is 9.53 Å². The van der Waals surface area contributed by atoms with Crippen molar-refractivity contribution in [2.45, 2.75) is 57.9 Å². The molecule has 1 N–H and O–H groups in total. The first kappa shape index (κ1) is 21.6. The molecule has 0 fully saturated rings. The first-order chi connectivity index (χ1) is 12.2. The minimum Gasteiger partial charge on any atom is -0.444 e. The van der Waals surface area contributed by atoms with Crippen LogP contribution in [0.4, 0.5) is 4.79 Å². The second-order valence-corrected chi connectivity index (χ2v) is 8.64. The molecule has 0 bridgehead atoms. The van der Waals surface area contributed by atoms with Gasteiger partial charge in [0.25, 0.3) is 0 Å². The third-order valence-corrected chi connectivity index (χ3v) is 4.34. The number of nitriles is 2. The molecule has 1 atom stereocenters. The number of ether oxygens (including phenoxy) is 1. The first-order valence-electron chi connectivity index (χ1n) is 8.40. The van der Waals surface area contributed by atoms with Gasteiger partial charge in [-0.3, -0.25) is 0 Å².